The Morgan fingerprint density at radius 1 is 1.22 bits per heavy atom. The minimum atomic E-state index is -3.43. The summed E-state index contributed by atoms with van der Waals surface area (Å²) in [5, 5.41) is 0. The summed E-state index contributed by atoms with van der Waals surface area (Å²) >= 11 is 0. The van der Waals surface area contributed by atoms with Crippen molar-refractivity contribution in [3.05, 3.63) is 28.8 Å². The van der Waals surface area contributed by atoms with Gasteiger partial charge in [-0.25, -0.2) is 13.2 Å². The fraction of sp³-hybridized carbons (Fsp3) is 0.611. The quantitative estimate of drug-likeness (QED) is 0.668. The monoisotopic (exact) mass is 340 g/mol. The summed E-state index contributed by atoms with van der Waals surface area (Å²) in [7, 11) is -2.11. The number of ether oxygens (including phenoxy) is 1. The maximum atomic E-state index is 12.4. The van der Waals surface area contributed by atoms with E-state index in [1.54, 1.807) is 12.1 Å². The molecular weight excluding hydrogens is 312 g/mol. The van der Waals surface area contributed by atoms with E-state index in [4.69, 9.17) is 4.74 Å². The highest BCUT2D eigenvalue weighted by Gasteiger charge is 2.26. The molecule has 1 aromatic carbocycles. The second-order valence-corrected chi connectivity index (χ2v) is 8.02. The van der Waals surface area contributed by atoms with Gasteiger partial charge in [-0.15, -0.1) is 0 Å². The lowest BCUT2D eigenvalue weighted by Crippen LogP contribution is -2.15. The molecule has 0 saturated heterocycles. The second-order valence-electron chi connectivity index (χ2n) is 6.07. The van der Waals surface area contributed by atoms with Crippen LogP contribution in [0.15, 0.2) is 17.0 Å². The largest absolute Gasteiger partial charge is 0.465 e. The maximum absolute atomic E-state index is 12.4. The van der Waals surface area contributed by atoms with Crippen LogP contribution in [0.3, 0.4) is 0 Å². The topological polar surface area (TPSA) is 60.4 Å². The van der Waals surface area contributed by atoms with Gasteiger partial charge in [0.1, 0.15) is 0 Å². The molecule has 1 aromatic rings. The molecule has 23 heavy (non-hydrogen) atoms. The molecule has 1 unspecified atom stereocenters. The van der Waals surface area contributed by atoms with Crippen molar-refractivity contribution in [2.45, 2.75) is 63.7 Å². The van der Waals surface area contributed by atoms with Crippen molar-refractivity contribution in [3.63, 3.8) is 0 Å². The van der Waals surface area contributed by atoms with E-state index < -0.39 is 15.8 Å². The summed E-state index contributed by atoms with van der Waals surface area (Å²) in [5.74, 6) is -0.340. The Bertz CT molecular complexity index is 647. The molecule has 0 amide bonds. The first-order valence-electron chi connectivity index (χ1n) is 8.21. The molecule has 0 aliphatic carbocycles. The molecule has 0 radical (unpaired) electrons. The van der Waals surface area contributed by atoms with Crippen LogP contribution in [0.2, 0.25) is 0 Å². The van der Waals surface area contributed by atoms with E-state index >= 15 is 0 Å². The molecule has 0 N–H and O–H groups in total. The Hall–Kier alpha value is -1.36. The van der Waals surface area contributed by atoms with Crippen LogP contribution in [-0.2, 0) is 21.0 Å². The van der Waals surface area contributed by atoms with Crippen LogP contribution in [0.1, 0.15) is 73.9 Å². The van der Waals surface area contributed by atoms with Crippen molar-refractivity contribution in [1.82, 2.24) is 0 Å². The van der Waals surface area contributed by atoms with Crippen LogP contribution < -0.4 is 0 Å². The molecule has 0 fully saturated rings. The number of carbonyl (C=O) groups is 1. The van der Waals surface area contributed by atoms with E-state index in [0.29, 0.717) is 22.4 Å². The smallest absolute Gasteiger partial charge is 0.338 e. The van der Waals surface area contributed by atoms with Gasteiger partial charge in [-0.3, -0.25) is 0 Å². The summed E-state index contributed by atoms with van der Waals surface area (Å²) < 4.78 is 29.7. The normalized spacial score (nSPS) is 12.9. The molecule has 0 aliphatic rings. The number of unbranched alkanes of at least 4 members (excludes halogenated alkanes) is 1. The third kappa shape index (κ3) is 4.80. The molecule has 0 spiro atoms. The summed E-state index contributed by atoms with van der Waals surface area (Å²) in [6.45, 7) is 6.14. The van der Waals surface area contributed by atoms with Gasteiger partial charge in [-0.05, 0) is 36.0 Å². The molecule has 1 rings (SSSR count). The number of sulfone groups is 1. The highest BCUT2D eigenvalue weighted by Crippen LogP contribution is 2.33. The molecular formula is C18H28O4S. The average Bonchev–Trinajstić information content (AvgIpc) is 2.50. The molecule has 4 nitrogen and oxygen atoms in total. The number of hydrogen-bond donors (Lipinski definition) is 0. The standard InChI is InChI=1S/C18H28O4S/c1-6-8-10-13(3)14-11-12-16(18(19)22-4)15(9-7-2)17(14)23(5,20)21/h11-13H,6-10H2,1-5H3. The highest BCUT2D eigenvalue weighted by atomic mass is 32.2. The van der Waals surface area contributed by atoms with Crippen molar-refractivity contribution in [3.8, 4) is 0 Å². The van der Waals surface area contributed by atoms with E-state index in [0.717, 1.165) is 31.2 Å². The first-order valence-corrected chi connectivity index (χ1v) is 10.1. The lowest BCUT2D eigenvalue weighted by atomic mass is 9.91. The Labute approximate surface area is 140 Å². The van der Waals surface area contributed by atoms with Crippen LogP contribution >= 0.6 is 0 Å². The van der Waals surface area contributed by atoms with Crippen LogP contribution in [0.5, 0.6) is 0 Å². The minimum absolute atomic E-state index is 0.141. The minimum Gasteiger partial charge on any atom is -0.465 e. The highest BCUT2D eigenvalue weighted by molar-refractivity contribution is 7.90. The van der Waals surface area contributed by atoms with Gasteiger partial charge in [-0.1, -0.05) is 46.1 Å². The summed E-state index contributed by atoms with van der Waals surface area (Å²) in [6, 6.07) is 3.49. The van der Waals surface area contributed by atoms with E-state index in [1.165, 1.54) is 13.4 Å². The van der Waals surface area contributed by atoms with E-state index in [9.17, 15) is 13.2 Å². The van der Waals surface area contributed by atoms with Gasteiger partial charge >= 0.3 is 5.97 Å². The molecule has 0 aliphatic heterocycles. The van der Waals surface area contributed by atoms with Gasteiger partial charge in [0.25, 0.3) is 0 Å². The van der Waals surface area contributed by atoms with Crippen molar-refractivity contribution < 1.29 is 17.9 Å². The number of methoxy groups -OCH3 is 1. The van der Waals surface area contributed by atoms with Gasteiger partial charge in [-0.2, -0.15) is 0 Å². The average molecular weight is 340 g/mol. The van der Waals surface area contributed by atoms with Gasteiger partial charge in [0, 0.05) is 6.26 Å². The molecule has 0 saturated carbocycles. The zero-order valence-electron chi connectivity index (χ0n) is 14.8. The van der Waals surface area contributed by atoms with Crippen molar-refractivity contribution in [2.75, 3.05) is 13.4 Å². The number of benzene rings is 1. The molecule has 0 aromatic heterocycles. The van der Waals surface area contributed by atoms with Crippen LogP contribution in [-0.4, -0.2) is 27.8 Å². The lowest BCUT2D eigenvalue weighted by Gasteiger charge is -2.20. The zero-order valence-corrected chi connectivity index (χ0v) is 15.6. The van der Waals surface area contributed by atoms with E-state index in [1.807, 2.05) is 13.8 Å². The van der Waals surface area contributed by atoms with Gasteiger partial charge in [0.2, 0.25) is 0 Å². The van der Waals surface area contributed by atoms with Gasteiger partial charge in [0.05, 0.1) is 17.6 Å². The number of esters is 1. The maximum Gasteiger partial charge on any atom is 0.338 e. The number of hydrogen-bond acceptors (Lipinski definition) is 4. The first kappa shape index (κ1) is 19.7. The number of rotatable bonds is 8. The molecule has 130 valence electrons. The summed E-state index contributed by atoms with van der Waals surface area (Å²) in [6.07, 6.45) is 5.58. The van der Waals surface area contributed by atoms with Crippen LogP contribution in [0.25, 0.3) is 0 Å². The van der Waals surface area contributed by atoms with Crippen molar-refractivity contribution in [2.24, 2.45) is 0 Å². The second kappa shape index (κ2) is 8.48. The molecule has 0 heterocycles. The Morgan fingerprint density at radius 3 is 2.35 bits per heavy atom. The third-order valence-electron chi connectivity index (χ3n) is 4.09. The number of carbonyl (C=O) groups excluding carboxylic acids is 1. The Balaban J connectivity index is 3.60. The molecule has 1 atom stereocenters. The fourth-order valence-electron chi connectivity index (χ4n) is 2.94. The Kier molecular flexibility index (Phi) is 7.26. The van der Waals surface area contributed by atoms with E-state index in [-0.39, 0.29) is 5.92 Å². The third-order valence-corrected chi connectivity index (χ3v) is 5.31. The predicted molar refractivity (Wildman–Crippen MR) is 92.8 cm³/mol. The zero-order chi connectivity index (χ0) is 17.6. The SMILES string of the molecule is CCCCC(C)c1ccc(C(=O)OC)c(CCC)c1S(C)(=O)=O. The van der Waals surface area contributed by atoms with Gasteiger partial charge in [0.15, 0.2) is 9.84 Å². The summed E-state index contributed by atoms with van der Waals surface area (Å²) in [5.41, 5.74) is 1.78. The van der Waals surface area contributed by atoms with Crippen LogP contribution in [0.4, 0.5) is 0 Å². The molecule has 5 heteroatoms. The Morgan fingerprint density at radius 2 is 1.87 bits per heavy atom. The lowest BCUT2D eigenvalue weighted by molar-refractivity contribution is 0.0599. The first-order chi connectivity index (χ1) is 10.8. The van der Waals surface area contributed by atoms with Crippen molar-refractivity contribution in [1.29, 1.82) is 0 Å². The van der Waals surface area contributed by atoms with Crippen LogP contribution in [0, 0.1) is 0 Å². The molecule has 0 bridgehead atoms. The van der Waals surface area contributed by atoms with Gasteiger partial charge < -0.3 is 4.74 Å². The van der Waals surface area contributed by atoms with Crippen molar-refractivity contribution >= 4 is 15.8 Å². The summed E-state index contributed by atoms with van der Waals surface area (Å²) in [4.78, 5) is 12.3. The van der Waals surface area contributed by atoms with E-state index in [2.05, 4.69) is 6.92 Å². The fourth-order valence-corrected chi connectivity index (χ4v) is 4.29. The predicted octanol–water partition coefficient (Wildman–Crippen LogP) is 4.12.